The predicted molar refractivity (Wildman–Crippen MR) is 149 cm³/mol. The molecule has 2 aliphatic heterocycles. The summed E-state index contributed by atoms with van der Waals surface area (Å²) in [5.41, 5.74) is -1.41. The van der Waals surface area contributed by atoms with Crippen LogP contribution >= 0.6 is 0 Å². The van der Waals surface area contributed by atoms with Crippen LogP contribution in [0.15, 0.2) is 23.8 Å². The number of carbonyl (C=O) groups is 2. The first-order chi connectivity index (χ1) is 18.3. The standard InChI is InChI=1S/C33H49NO4/c1-5-6-10-23-15-29(38-28(23)19-34-13-8-7-9-14-34)32-18-25-22(4)11-12-26(25)31(20-35)17-24(32)16-27(21(2)3)33(31,32)30(36)37/h7-8,16,20-26,28-29H,5-6,9-15,17-19H2,1-4H3,(H,36,37)/t22-,23?,24?,25-,26-,28?,29?,31?,32?,33?/m1/s1. The van der Waals surface area contributed by atoms with Gasteiger partial charge in [0.05, 0.1) is 17.6 Å². The molecule has 38 heavy (non-hydrogen) atoms. The Morgan fingerprint density at radius 2 is 2.08 bits per heavy atom. The molecule has 0 aromatic rings. The highest BCUT2D eigenvalue weighted by Crippen LogP contribution is 2.84. The molecule has 6 aliphatic rings. The van der Waals surface area contributed by atoms with Gasteiger partial charge < -0.3 is 14.6 Å². The molecule has 4 fully saturated rings. The quantitative estimate of drug-likeness (QED) is 0.291. The van der Waals surface area contributed by atoms with Crippen LogP contribution in [0.1, 0.15) is 85.5 Å². The lowest BCUT2D eigenvalue weighted by Gasteiger charge is -2.60. The molecule has 4 aliphatic carbocycles. The summed E-state index contributed by atoms with van der Waals surface area (Å²) < 4.78 is 7.21. The highest BCUT2D eigenvalue weighted by Gasteiger charge is 2.86. The van der Waals surface area contributed by atoms with Gasteiger partial charge in [0.2, 0.25) is 0 Å². The summed E-state index contributed by atoms with van der Waals surface area (Å²) in [7, 11) is 0. The summed E-state index contributed by atoms with van der Waals surface area (Å²) >= 11 is 0. The fraction of sp³-hybridized carbons (Fsp3) is 0.818. The molecule has 0 aromatic heterocycles. The average Bonchev–Trinajstić information content (AvgIpc) is 3.61. The molecule has 0 spiro atoms. The zero-order valence-corrected chi connectivity index (χ0v) is 24.0. The molecule has 2 heterocycles. The fourth-order valence-corrected chi connectivity index (χ4v) is 11.1. The van der Waals surface area contributed by atoms with Gasteiger partial charge >= 0.3 is 5.97 Å². The second kappa shape index (κ2) is 9.58. The SMILES string of the molecule is CCCCC1CC(C23C[C@@H]4[C@H](C)CC[C@H]4C4(C=O)CC2C=C(C(C)C)C34C(=O)O)OC1CN1CC=CCC1. The van der Waals surface area contributed by atoms with E-state index in [1.54, 1.807) is 0 Å². The van der Waals surface area contributed by atoms with Crippen molar-refractivity contribution in [3.05, 3.63) is 23.8 Å². The number of fused-ring (bicyclic) bond motifs is 2. The molecule has 5 nitrogen and oxygen atoms in total. The molecule has 1 N–H and O–H groups in total. The first-order valence-electron chi connectivity index (χ1n) is 15.7. The van der Waals surface area contributed by atoms with Gasteiger partial charge in [-0.25, -0.2) is 0 Å². The molecule has 0 aromatic carbocycles. The van der Waals surface area contributed by atoms with E-state index in [1.807, 2.05) is 0 Å². The van der Waals surface area contributed by atoms with E-state index in [0.29, 0.717) is 24.2 Å². The summed E-state index contributed by atoms with van der Waals surface area (Å²) in [5.74, 6) is 1.07. The van der Waals surface area contributed by atoms with Crippen LogP contribution in [0.5, 0.6) is 0 Å². The van der Waals surface area contributed by atoms with Gasteiger partial charge in [-0.1, -0.05) is 70.8 Å². The van der Waals surface area contributed by atoms with E-state index >= 15 is 0 Å². The largest absolute Gasteiger partial charge is 0.481 e. The molecule has 210 valence electrons. The zero-order chi connectivity index (χ0) is 26.9. The number of aliphatic carboxylic acids is 1. The van der Waals surface area contributed by atoms with Crippen LogP contribution in [0.25, 0.3) is 0 Å². The molecule has 10 atom stereocenters. The highest BCUT2D eigenvalue weighted by molar-refractivity contribution is 5.90. The molecule has 1 saturated heterocycles. The van der Waals surface area contributed by atoms with Gasteiger partial charge in [-0.2, -0.15) is 0 Å². The molecule has 0 amide bonds. The van der Waals surface area contributed by atoms with Gasteiger partial charge in [0, 0.05) is 25.0 Å². The van der Waals surface area contributed by atoms with Crippen molar-refractivity contribution in [3.63, 3.8) is 0 Å². The Morgan fingerprint density at radius 3 is 2.74 bits per heavy atom. The van der Waals surface area contributed by atoms with E-state index in [2.05, 4.69) is 50.8 Å². The summed E-state index contributed by atoms with van der Waals surface area (Å²) in [6.45, 7) is 11.9. The first kappa shape index (κ1) is 26.7. The van der Waals surface area contributed by atoms with Crippen molar-refractivity contribution >= 4 is 12.3 Å². The topological polar surface area (TPSA) is 66.8 Å². The number of aldehydes is 1. The molecule has 6 rings (SSSR count). The lowest BCUT2D eigenvalue weighted by molar-refractivity contribution is -0.197. The lowest BCUT2D eigenvalue weighted by Crippen LogP contribution is -2.65. The summed E-state index contributed by atoms with van der Waals surface area (Å²) in [6, 6.07) is 0. The number of unbranched alkanes of at least 4 members (excludes halogenated alkanes) is 1. The van der Waals surface area contributed by atoms with Crippen LogP contribution in [-0.2, 0) is 14.3 Å². The smallest absolute Gasteiger partial charge is 0.315 e. The minimum Gasteiger partial charge on any atom is -0.481 e. The normalized spacial score (nSPS) is 47.5. The Labute approximate surface area is 229 Å². The maximum atomic E-state index is 13.9. The third-order valence-corrected chi connectivity index (χ3v) is 12.5. The van der Waals surface area contributed by atoms with Gasteiger partial charge in [0.1, 0.15) is 11.7 Å². The Balaban J connectivity index is 1.45. The number of carbonyl (C=O) groups excluding carboxylic acids is 1. The fourth-order valence-electron chi connectivity index (χ4n) is 11.1. The number of hydrogen-bond donors (Lipinski definition) is 1. The molecule has 5 heteroatoms. The Bertz CT molecular complexity index is 1020. The van der Waals surface area contributed by atoms with Gasteiger partial charge in [-0.15, -0.1) is 0 Å². The average molecular weight is 524 g/mol. The van der Waals surface area contributed by atoms with Crippen LogP contribution in [-0.4, -0.2) is 54.1 Å². The van der Waals surface area contributed by atoms with Crippen molar-refractivity contribution in [2.45, 2.75) is 97.7 Å². The molecule has 0 radical (unpaired) electrons. The van der Waals surface area contributed by atoms with E-state index < -0.39 is 22.2 Å². The number of hydrogen-bond acceptors (Lipinski definition) is 4. The highest BCUT2D eigenvalue weighted by atomic mass is 16.5. The maximum absolute atomic E-state index is 13.9. The summed E-state index contributed by atoms with van der Waals surface area (Å²) in [6.07, 6.45) is 17.3. The third kappa shape index (κ3) is 3.30. The molecular weight excluding hydrogens is 474 g/mol. The number of rotatable bonds is 9. The van der Waals surface area contributed by atoms with Crippen LogP contribution in [0, 0.1) is 51.8 Å². The number of nitrogens with zero attached hydrogens (tertiary/aromatic N) is 1. The van der Waals surface area contributed by atoms with Crippen LogP contribution in [0.4, 0.5) is 0 Å². The number of carboxylic acids is 1. The maximum Gasteiger partial charge on any atom is 0.315 e. The van der Waals surface area contributed by atoms with Crippen molar-refractivity contribution in [2.75, 3.05) is 19.6 Å². The van der Waals surface area contributed by atoms with Crippen LogP contribution in [0.2, 0.25) is 0 Å². The first-order valence-corrected chi connectivity index (χ1v) is 15.7. The lowest BCUT2D eigenvalue weighted by atomic mass is 9.41. The minimum absolute atomic E-state index is 0.0983. The Hall–Kier alpha value is -1.46. The molecule has 3 saturated carbocycles. The number of ether oxygens (including phenoxy) is 1. The minimum atomic E-state index is -1.13. The monoisotopic (exact) mass is 523 g/mol. The third-order valence-electron chi connectivity index (χ3n) is 12.5. The van der Waals surface area contributed by atoms with Crippen molar-refractivity contribution in [1.82, 2.24) is 4.90 Å². The van der Waals surface area contributed by atoms with Crippen molar-refractivity contribution in [1.29, 1.82) is 0 Å². The molecule has 4 bridgehead atoms. The Kier molecular flexibility index (Phi) is 6.74. The van der Waals surface area contributed by atoms with E-state index in [9.17, 15) is 14.7 Å². The summed E-state index contributed by atoms with van der Waals surface area (Å²) in [4.78, 5) is 29.8. The van der Waals surface area contributed by atoms with E-state index in [4.69, 9.17) is 4.74 Å². The van der Waals surface area contributed by atoms with E-state index in [-0.39, 0.29) is 30.0 Å². The summed E-state index contributed by atoms with van der Waals surface area (Å²) in [5, 5.41) is 11.4. The van der Waals surface area contributed by atoms with Gasteiger partial charge in [-0.05, 0) is 74.0 Å². The van der Waals surface area contributed by atoms with Crippen molar-refractivity contribution < 1.29 is 19.4 Å². The molecule has 7 unspecified atom stereocenters. The van der Waals surface area contributed by atoms with Crippen molar-refractivity contribution in [3.8, 4) is 0 Å². The van der Waals surface area contributed by atoms with Gasteiger partial charge in [0.15, 0.2) is 0 Å². The Morgan fingerprint density at radius 1 is 1.26 bits per heavy atom. The second-order valence-electron chi connectivity index (χ2n) is 14.2. The van der Waals surface area contributed by atoms with Gasteiger partial charge in [-0.3, -0.25) is 9.69 Å². The number of carboxylic acid groups (broad SMARTS) is 1. The van der Waals surface area contributed by atoms with Gasteiger partial charge in [0.25, 0.3) is 0 Å². The predicted octanol–water partition coefficient (Wildman–Crippen LogP) is 6.14. The zero-order valence-electron chi connectivity index (χ0n) is 24.0. The van der Waals surface area contributed by atoms with E-state index in [1.165, 1.54) is 12.8 Å². The molecular formula is C33H49NO4. The van der Waals surface area contributed by atoms with E-state index in [0.717, 1.165) is 70.0 Å². The van der Waals surface area contributed by atoms with Crippen LogP contribution in [0.3, 0.4) is 0 Å². The van der Waals surface area contributed by atoms with Crippen molar-refractivity contribution in [2.24, 2.45) is 51.8 Å². The van der Waals surface area contributed by atoms with Crippen LogP contribution < -0.4 is 0 Å². The second-order valence-corrected chi connectivity index (χ2v) is 14.2. The number of allylic oxidation sites excluding steroid dienone is 1.